The number of hydrogen-bond acceptors (Lipinski definition) is 2. The van der Waals surface area contributed by atoms with Crippen LogP contribution in [-0.4, -0.2) is 30.4 Å². The molecule has 18 heavy (non-hydrogen) atoms. The van der Waals surface area contributed by atoms with E-state index in [0.717, 1.165) is 6.42 Å². The first-order chi connectivity index (χ1) is 8.63. The zero-order valence-electron chi connectivity index (χ0n) is 11.7. The molecule has 0 saturated heterocycles. The van der Waals surface area contributed by atoms with E-state index in [-0.39, 0.29) is 6.10 Å². The lowest BCUT2D eigenvalue weighted by molar-refractivity contribution is -0.688. The fourth-order valence-corrected chi connectivity index (χ4v) is 1.84. The van der Waals surface area contributed by atoms with Crippen LogP contribution < -0.4 is 5.32 Å². The first kappa shape index (κ1) is 15.2. The fraction of sp³-hybridized carbons (Fsp3) is 0.600. The van der Waals surface area contributed by atoms with Gasteiger partial charge < -0.3 is 15.2 Å². The van der Waals surface area contributed by atoms with Crippen LogP contribution in [-0.2, 0) is 4.74 Å². The minimum atomic E-state index is -0.398. The molecular formula is C15H26NO2+. The van der Waals surface area contributed by atoms with Gasteiger partial charge in [-0.1, -0.05) is 37.3 Å². The van der Waals surface area contributed by atoms with E-state index in [1.807, 2.05) is 18.2 Å². The van der Waals surface area contributed by atoms with Crippen LogP contribution in [0.2, 0.25) is 0 Å². The monoisotopic (exact) mass is 252 g/mol. The molecule has 0 spiro atoms. The average Bonchev–Trinajstić information content (AvgIpc) is 2.38. The maximum Gasteiger partial charge on any atom is 0.126 e. The van der Waals surface area contributed by atoms with Gasteiger partial charge in [0.1, 0.15) is 12.6 Å². The Morgan fingerprint density at radius 3 is 2.44 bits per heavy atom. The molecule has 0 radical (unpaired) electrons. The van der Waals surface area contributed by atoms with Crippen molar-refractivity contribution in [3.05, 3.63) is 35.9 Å². The molecule has 3 heteroatoms. The molecule has 0 bridgehead atoms. The predicted molar refractivity (Wildman–Crippen MR) is 73.4 cm³/mol. The molecule has 0 aromatic heterocycles. The van der Waals surface area contributed by atoms with Crippen LogP contribution in [0, 0.1) is 0 Å². The normalized spacial score (nSPS) is 14.7. The van der Waals surface area contributed by atoms with Gasteiger partial charge in [-0.05, 0) is 25.8 Å². The standard InChI is InChI=1S/C15H25NO2/c1-4-15(13-8-6-5-7-9-13)18-11-14(17)10-16-12(2)3/h5-9,12,14-17H,4,10-11H2,1-3H3/p+1/t14-,15+/m0/s1. The van der Waals surface area contributed by atoms with Crippen LogP contribution in [0.5, 0.6) is 0 Å². The summed E-state index contributed by atoms with van der Waals surface area (Å²) in [6.45, 7) is 7.43. The van der Waals surface area contributed by atoms with E-state index in [1.54, 1.807) is 0 Å². The van der Waals surface area contributed by atoms with Gasteiger partial charge in [0.15, 0.2) is 0 Å². The Morgan fingerprint density at radius 2 is 1.89 bits per heavy atom. The predicted octanol–water partition coefficient (Wildman–Crippen LogP) is 1.49. The van der Waals surface area contributed by atoms with Crippen molar-refractivity contribution in [2.75, 3.05) is 13.2 Å². The molecule has 1 aromatic rings. The largest absolute Gasteiger partial charge is 0.385 e. The Hall–Kier alpha value is -0.900. The van der Waals surface area contributed by atoms with Crippen molar-refractivity contribution >= 4 is 0 Å². The third kappa shape index (κ3) is 5.63. The second-order valence-electron chi connectivity index (χ2n) is 5.01. The number of nitrogens with two attached hydrogens (primary N) is 1. The van der Waals surface area contributed by atoms with Crippen molar-refractivity contribution in [1.82, 2.24) is 0 Å². The summed E-state index contributed by atoms with van der Waals surface area (Å²) in [5.74, 6) is 0. The summed E-state index contributed by atoms with van der Waals surface area (Å²) < 4.78 is 5.80. The molecule has 0 amide bonds. The fourth-order valence-electron chi connectivity index (χ4n) is 1.84. The lowest BCUT2D eigenvalue weighted by Gasteiger charge is -2.19. The van der Waals surface area contributed by atoms with Crippen molar-refractivity contribution in [3.63, 3.8) is 0 Å². The molecule has 3 nitrogen and oxygen atoms in total. The van der Waals surface area contributed by atoms with E-state index in [1.165, 1.54) is 5.56 Å². The van der Waals surface area contributed by atoms with E-state index in [0.29, 0.717) is 19.2 Å². The molecule has 102 valence electrons. The highest BCUT2D eigenvalue weighted by molar-refractivity contribution is 5.17. The van der Waals surface area contributed by atoms with Crippen LogP contribution in [0.4, 0.5) is 0 Å². The SMILES string of the molecule is CC[C@@H](OC[C@@H](O)C[NH2+]C(C)C)c1ccccc1. The Kier molecular flexibility index (Phi) is 6.94. The molecule has 0 aliphatic heterocycles. The second kappa shape index (κ2) is 8.25. The second-order valence-corrected chi connectivity index (χ2v) is 5.01. The Balaban J connectivity index is 2.36. The molecule has 0 heterocycles. The quantitative estimate of drug-likeness (QED) is 0.736. The van der Waals surface area contributed by atoms with E-state index in [9.17, 15) is 5.11 Å². The van der Waals surface area contributed by atoms with Crippen molar-refractivity contribution in [1.29, 1.82) is 0 Å². The molecule has 1 rings (SSSR count). The highest BCUT2D eigenvalue weighted by Gasteiger charge is 2.13. The third-order valence-electron chi connectivity index (χ3n) is 2.91. The van der Waals surface area contributed by atoms with Gasteiger partial charge in [0, 0.05) is 0 Å². The summed E-state index contributed by atoms with van der Waals surface area (Å²) in [5.41, 5.74) is 1.18. The van der Waals surface area contributed by atoms with Gasteiger partial charge in [0.25, 0.3) is 0 Å². The number of aliphatic hydroxyl groups excluding tert-OH is 1. The van der Waals surface area contributed by atoms with Gasteiger partial charge >= 0.3 is 0 Å². The van der Waals surface area contributed by atoms with Crippen LogP contribution in [0.15, 0.2) is 30.3 Å². The smallest absolute Gasteiger partial charge is 0.126 e. The Morgan fingerprint density at radius 1 is 1.22 bits per heavy atom. The molecule has 3 N–H and O–H groups in total. The van der Waals surface area contributed by atoms with Gasteiger partial charge in [-0.25, -0.2) is 0 Å². The molecule has 0 aliphatic rings. The summed E-state index contributed by atoms with van der Waals surface area (Å²) in [7, 11) is 0. The van der Waals surface area contributed by atoms with Crippen molar-refractivity contribution < 1.29 is 15.2 Å². The minimum absolute atomic E-state index is 0.0832. The van der Waals surface area contributed by atoms with Crippen LogP contribution >= 0.6 is 0 Å². The van der Waals surface area contributed by atoms with Gasteiger partial charge in [-0.15, -0.1) is 0 Å². The molecule has 0 fully saturated rings. The summed E-state index contributed by atoms with van der Waals surface area (Å²) >= 11 is 0. The van der Waals surface area contributed by atoms with Gasteiger partial charge in [-0.3, -0.25) is 0 Å². The maximum absolute atomic E-state index is 9.83. The van der Waals surface area contributed by atoms with Gasteiger partial charge in [0.05, 0.1) is 18.8 Å². The topological polar surface area (TPSA) is 46.1 Å². The summed E-state index contributed by atoms with van der Waals surface area (Å²) in [5, 5.41) is 12.0. The number of benzene rings is 1. The summed E-state index contributed by atoms with van der Waals surface area (Å²) in [6.07, 6.45) is 0.607. The highest BCUT2D eigenvalue weighted by Crippen LogP contribution is 2.20. The zero-order chi connectivity index (χ0) is 13.4. The third-order valence-corrected chi connectivity index (χ3v) is 2.91. The van der Waals surface area contributed by atoms with E-state index in [4.69, 9.17) is 4.74 Å². The first-order valence-electron chi connectivity index (χ1n) is 6.81. The van der Waals surface area contributed by atoms with Crippen LogP contribution in [0.1, 0.15) is 38.9 Å². The van der Waals surface area contributed by atoms with Gasteiger partial charge in [-0.2, -0.15) is 0 Å². The molecule has 2 atom stereocenters. The van der Waals surface area contributed by atoms with E-state index < -0.39 is 6.10 Å². The molecule has 0 unspecified atom stereocenters. The number of quaternary nitrogens is 1. The molecule has 1 aromatic carbocycles. The van der Waals surface area contributed by atoms with Crippen LogP contribution in [0.25, 0.3) is 0 Å². The number of ether oxygens (including phenoxy) is 1. The van der Waals surface area contributed by atoms with E-state index in [2.05, 4.69) is 38.2 Å². The van der Waals surface area contributed by atoms with Crippen molar-refractivity contribution in [3.8, 4) is 0 Å². The van der Waals surface area contributed by atoms with E-state index >= 15 is 0 Å². The number of hydrogen-bond donors (Lipinski definition) is 2. The number of aliphatic hydroxyl groups is 1. The zero-order valence-corrected chi connectivity index (χ0v) is 11.7. The Bertz CT molecular complexity index is 314. The summed E-state index contributed by atoms with van der Waals surface area (Å²) in [6, 6.07) is 10.7. The number of rotatable bonds is 8. The molecular weight excluding hydrogens is 226 g/mol. The van der Waals surface area contributed by atoms with Crippen molar-refractivity contribution in [2.24, 2.45) is 0 Å². The lowest BCUT2D eigenvalue weighted by Crippen LogP contribution is -2.90. The first-order valence-corrected chi connectivity index (χ1v) is 6.81. The lowest BCUT2D eigenvalue weighted by atomic mass is 10.1. The average molecular weight is 252 g/mol. The molecule has 0 aliphatic carbocycles. The van der Waals surface area contributed by atoms with Crippen LogP contribution in [0.3, 0.4) is 0 Å². The molecule has 0 saturated carbocycles. The highest BCUT2D eigenvalue weighted by atomic mass is 16.5. The summed E-state index contributed by atoms with van der Waals surface area (Å²) in [4.78, 5) is 0. The van der Waals surface area contributed by atoms with Crippen molar-refractivity contribution in [2.45, 2.75) is 45.4 Å². The Labute approximate surface area is 110 Å². The maximum atomic E-state index is 9.83. The minimum Gasteiger partial charge on any atom is -0.385 e. The van der Waals surface area contributed by atoms with Gasteiger partial charge in [0.2, 0.25) is 0 Å².